The fourth-order valence-electron chi connectivity index (χ4n) is 3.29. The van der Waals surface area contributed by atoms with Crippen LogP contribution in [0.15, 0.2) is 36.2 Å². The number of nitrogens with zero attached hydrogens (tertiary/aromatic N) is 1. The van der Waals surface area contributed by atoms with Gasteiger partial charge in [-0.3, -0.25) is 0 Å². The van der Waals surface area contributed by atoms with Gasteiger partial charge in [-0.2, -0.15) is 0 Å². The first-order valence-corrected chi connectivity index (χ1v) is 8.65. The van der Waals surface area contributed by atoms with Gasteiger partial charge in [0.25, 0.3) is 0 Å². The Hall–Kier alpha value is -1.18. The van der Waals surface area contributed by atoms with E-state index in [1.165, 1.54) is 43.5 Å². The van der Waals surface area contributed by atoms with Gasteiger partial charge in [0.05, 0.1) is 11.4 Å². The molecule has 1 saturated carbocycles. The molecule has 0 radical (unpaired) electrons. The van der Waals surface area contributed by atoms with Gasteiger partial charge in [0.15, 0.2) is 0 Å². The SMILES string of the molecule is C=C(/C(=C/C)NCC=CC)N(CCC)[C@@H]1CCC(CC)C1. The van der Waals surface area contributed by atoms with E-state index in [9.17, 15) is 0 Å². The minimum atomic E-state index is 0.681. The van der Waals surface area contributed by atoms with Crippen LogP contribution in [0.5, 0.6) is 0 Å². The summed E-state index contributed by atoms with van der Waals surface area (Å²) in [5.74, 6) is 0.909. The molecule has 0 aromatic carbocycles. The normalized spacial score (nSPS) is 22.8. The highest BCUT2D eigenvalue weighted by Gasteiger charge is 2.29. The summed E-state index contributed by atoms with van der Waals surface area (Å²) in [4.78, 5) is 2.55. The van der Waals surface area contributed by atoms with Crippen LogP contribution in [-0.2, 0) is 0 Å². The number of hydrogen-bond donors (Lipinski definition) is 1. The molecule has 1 unspecified atom stereocenters. The predicted octanol–water partition coefficient (Wildman–Crippen LogP) is 4.86. The van der Waals surface area contributed by atoms with Gasteiger partial charge in [0.2, 0.25) is 0 Å². The summed E-state index contributed by atoms with van der Waals surface area (Å²) >= 11 is 0. The second-order valence-corrected chi connectivity index (χ2v) is 6.03. The molecule has 2 atom stereocenters. The van der Waals surface area contributed by atoms with Crippen molar-refractivity contribution in [3.05, 3.63) is 36.2 Å². The van der Waals surface area contributed by atoms with Gasteiger partial charge in [-0.1, -0.05) is 45.1 Å². The van der Waals surface area contributed by atoms with Gasteiger partial charge >= 0.3 is 0 Å². The highest BCUT2D eigenvalue weighted by Crippen LogP contribution is 2.33. The topological polar surface area (TPSA) is 15.3 Å². The third-order valence-electron chi connectivity index (χ3n) is 4.59. The Bertz CT molecular complexity index is 368. The zero-order chi connectivity index (χ0) is 15.7. The molecular formula is C19H34N2. The zero-order valence-corrected chi connectivity index (χ0v) is 14.5. The van der Waals surface area contributed by atoms with E-state index in [0.717, 1.165) is 19.0 Å². The van der Waals surface area contributed by atoms with E-state index in [1.54, 1.807) is 0 Å². The lowest BCUT2D eigenvalue weighted by molar-refractivity contribution is 0.252. The lowest BCUT2D eigenvalue weighted by Gasteiger charge is -2.34. The molecule has 1 N–H and O–H groups in total. The van der Waals surface area contributed by atoms with Crippen LogP contribution in [0.25, 0.3) is 0 Å². The molecule has 0 amide bonds. The number of nitrogens with one attached hydrogen (secondary N) is 1. The highest BCUT2D eigenvalue weighted by molar-refractivity contribution is 5.26. The quantitative estimate of drug-likeness (QED) is 0.482. The summed E-state index contributed by atoms with van der Waals surface area (Å²) in [6.07, 6.45) is 12.9. The van der Waals surface area contributed by atoms with E-state index in [4.69, 9.17) is 0 Å². The highest BCUT2D eigenvalue weighted by atomic mass is 15.2. The molecule has 0 saturated heterocycles. The van der Waals surface area contributed by atoms with Crippen molar-refractivity contribution in [2.45, 2.75) is 65.8 Å². The number of hydrogen-bond acceptors (Lipinski definition) is 2. The average molecular weight is 290 g/mol. The minimum Gasteiger partial charge on any atom is -0.380 e. The van der Waals surface area contributed by atoms with E-state index in [1.807, 2.05) is 0 Å². The van der Waals surface area contributed by atoms with Crippen LogP contribution in [0.2, 0.25) is 0 Å². The summed E-state index contributed by atoms with van der Waals surface area (Å²) in [7, 11) is 0. The van der Waals surface area contributed by atoms with Crippen LogP contribution in [0, 0.1) is 5.92 Å². The Morgan fingerprint density at radius 2 is 2.05 bits per heavy atom. The smallest absolute Gasteiger partial charge is 0.0531 e. The van der Waals surface area contributed by atoms with Crippen molar-refractivity contribution in [1.29, 1.82) is 0 Å². The maximum atomic E-state index is 4.39. The minimum absolute atomic E-state index is 0.681. The molecule has 1 aliphatic rings. The lowest BCUT2D eigenvalue weighted by atomic mass is 10.0. The van der Waals surface area contributed by atoms with E-state index in [2.05, 4.69) is 62.7 Å². The van der Waals surface area contributed by atoms with E-state index in [-0.39, 0.29) is 0 Å². The first kappa shape index (κ1) is 17.9. The van der Waals surface area contributed by atoms with E-state index in [0.29, 0.717) is 6.04 Å². The third kappa shape index (κ3) is 5.26. The van der Waals surface area contributed by atoms with Crippen LogP contribution < -0.4 is 5.32 Å². The van der Waals surface area contributed by atoms with Crippen molar-refractivity contribution in [3.63, 3.8) is 0 Å². The largest absolute Gasteiger partial charge is 0.380 e. The number of rotatable bonds is 9. The Morgan fingerprint density at radius 1 is 1.29 bits per heavy atom. The van der Waals surface area contributed by atoms with E-state index < -0.39 is 0 Å². The standard InChI is InChI=1S/C19H34N2/c1-6-10-13-20-19(9-4)16(5)21(14-7-2)18-12-11-17(8-3)15-18/h6,9-10,17-18,20H,5,7-8,11-15H2,1-4H3/b10-6?,19-9-/t17?,18-/m1/s1. The molecule has 0 heterocycles. The predicted molar refractivity (Wildman–Crippen MR) is 94.1 cm³/mol. The van der Waals surface area contributed by atoms with Crippen LogP contribution in [0.4, 0.5) is 0 Å². The molecule has 0 spiro atoms. The molecule has 2 nitrogen and oxygen atoms in total. The lowest BCUT2D eigenvalue weighted by Crippen LogP contribution is -2.36. The third-order valence-corrected chi connectivity index (χ3v) is 4.59. The molecule has 2 heteroatoms. The average Bonchev–Trinajstić information content (AvgIpc) is 2.97. The van der Waals surface area contributed by atoms with Crippen molar-refractivity contribution in [3.8, 4) is 0 Å². The van der Waals surface area contributed by atoms with Gasteiger partial charge < -0.3 is 10.2 Å². The molecule has 120 valence electrons. The molecule has 1 rings (SSSR count). The maximum absolute atomic E-state index is 4.39. The van der Waals surface area contributed by atoms with Gasteiger partial charge in [-0.25, -0.2) is 0 Å². The second-order valence-electron chi connectivity index (χ2n) is 6.03. The summed E-state index contributed by atoms with van der Waals surface area (Å²) < 4.78 is 0. The van der Waals surface area contributed by atoms with E-state index >= 15 is 0 Å². The Morgan fingerprint density at radius 3 is 2.57 bits per heavy atom. The Labute approximate surface area is 132 Å². The molecule has 1 aliphatic carbocycles. The van der Waals surface area contributed by atoms with Crippen molar-refractivity contribution in [2.24, 2.45) is 5.92 Å². The first-order valence-electron chi connectivity index (χ1n) is 8.65. The fraction of sp³-hybridized carbons (Fsp3) is 0.684. The molecular weight excluding hydrogens is 256 g/mol. The molecule has 0 aromatic heterocycles. The van der Waals surface area contributed by atoms with Gasteiger partial charge in [-0.05, 0) is 45.4 Å². The van der Waals surface area contributed by atoms with Gasteiger partial charge in [0, 0.05) is 19.1 Å². The molecule has 0 aromatic rings. The molecule has 1 fully saturated rings. The van der Waals surface area contributed by atoms with Crippen molar-refractivity contribution in [2.75, 3.05) is 13.1 Å². The second kappa shape index (κ2) is 9.70. The summed E-state index contributed by atoms with van der Waals surface area (Å²) in [5.41, 5.74) is 2.35. The van der Waals surface area contributed by atoms with Gasteiger partial charge in [-0.15, -0.1) is 0 Å². The Kier molecular flexibility index (Phi) is 8.26. The van der Waals surface area contributed by atoms with Crippen LogP contribution >= 0.6 is 0 Å². The molecule has 0 bridgehead atoms. The maximum Gasteiger partial charge on any atom is 0.0531 e. The van der Waals surface area contributed by atoms with Crippen LogP contribution in [-0.4, -0.2) is 24.0 Å². The van der Waals surface area contributed by atoms with Crippen LogP contribution in [0.1, 0.15) is 59.8 Å². The van der Waals surface area contributed by atoms with Crippen LogP contribution in [0.3, 0.4) is 0 Å². The van der Waals surface area contributed by atoms with Gasteiger partial charge in [0.1, 0.15) is 0 Å². The zero-order valence-electron chi connectivity index (χ0n) is 14.5. The number of allylic oxidation sites excluding steroid dienone is 2. The Balaban J connectivity index is 2.71. The van der Waals surface area contributed by atoms with Crippen molar-refractivity contribution < 1.29 is 0 Å². The fourth-order valence-corrected chi connectivity index (χ4v) is 3.29. The monoisotopic (exact) mass is 290 g/mol. The van der Waals surface area contributed by atoms with Crippen molar-refractivity contribution in [1.82, 2.24) is 10.2 Å². The molecule has 21 heavy (non-hydrogen) atoms. The first-order chi connectivity index (χ1) is 10.2. The van der Waals surface area contributed by atoms with Crippen molar-refractivity contribution >= 4 is 0 Å². The molecule has 0 aliphatic heterocycles. The summed E-state index contributed by atoms with van der Waals surface area (Å²) in [6, 6.07) is 0.681. The summed E-state index contributed by atoms with van der Waals surface area (Å²) in [6.45, 7) is 15.1. The summed E-state index contributed by atoms with van der Waals surface area (Å²) in [5, 5.41) is 3.49.